The van der Waals surface area contributed by atoms with E-state index in [1.165, 1.54) is 5.56 Å². The third-order valence-electron chi connectivity index (χ3n) is 6.51. The number of benzene rings is 1. The lowest BCUT2D eigenvalue weighted by atomic mass is 9.89. The van der Waals surface area contributed by atoms with Gasteiger partial charge in [0.1, 0.15) is 12.2 Å². The number of piperidine rings is 1. The van der Waals surface area contributed by atoms with Gasteiger partial charge in [0, 0.05) is 32.0 Å². The summed E-state index contributed by atoms with van der Waals surface area (Å²) in [5.74, 6) is 2.22. The highest BCUT2D eigenvalue weighted by Crippen LogP contribution is 2.36. The summed E-state index contributed by atoms with van der Waals surface area (Å²) in [6, 6.07) is 5.76. The molecule has 0 unspecified atom stereocenters. The largest absolute Gasteiger partial charge is 0.368 e. The second kappa shape index (κ2) is 7.94. The summed E-state index contributed by atoms with van der Waals surface area (Å²) in [6.07, 6.45) is 6.91. The highest BCUT2D eigenvalue weighted by molar-refractivity contribution is 6.02. The predicted molar refractivity (Wildman–Crippen MR) is 128 cm³/mol. The van der Waals surface area contributed by atoms with Crippen LogP contribution in [0.15, 0.2) is 36.9 Å². The minimum absolute atomic E-state index is 0.228. The molecule has 0 spiro atoms. The predicted octanol–water partition coefficient (Wildman–Crippen LogP) is 3.05. The zero-order chi connectivity index (χ0) is 23.2. The maximum Gasteiger partial charge on any atom is 0.346 e. The Bertz CT molecular complexity index is 1390. The number of nitrogen functional groups attached to an aromatic ring is 1. The van der Waals surface area contributed by atoms with Gasteiger partial charge in [0.15, 0.2) is 17.0 Å². The second-order valence-electron chi connectivity index (χ2n) is 8.46. The third kappa shape index (κ3) is 3.36. The summed E-state index contributed by atoms with van der Waals surface area (Å²) in [6.45, 7) is 4.46. The average Bonchev–Trinajstić information content (AvgIpc) is 3.43. The van der Waals surface area contributed by atoms with Crippen molar-refractivity contribution in [3.05, 3.63) is 42.5 Å². The Morgan fingerprint density at radius 1 is 1.12 bits per heavy atom. The lowest BCUT2D eigenvalue weighted by Gasteiger charge is -2.33. The van der Waals surface area contributed by atoms with Crippen LogP contribution in [0.1, 0.15) is 31.2 Å². The van der Waals surface area contributed by atoms with Gasteiger partial charge in [-0.1, -0.05) is 6.07 Å². The van der Waals surface area contributed by atoms with Crippen LogP contribution in [-0.2, 0) is 6.54 Å². The number of hydrogen-bond acceptors (Lipinski definition) is 8. The molecule has 11 nitrogen and oxygen atoms in total. The molecule has 3 N–H and O–H groups in total. The van der Waals surface area contributed by atoms with Crippen LogP contribution in [0.2, 0.25) is 0 Å². The number of rotatable bonds is 4. The number of anilines is 3. The minimum atomic E-state index is -0.300. The van der Waals surface area contributed by atoms with Crippen LogP contribution >= 0.6 is 0 Å². The molecular formula is C23H23N10O. The number of aromatic nitrogens is 6. The molecule has 1 radical (unpaired) electrons. The number of fused-ring (bicyclic) bond motifs is 2. The molecule has 1 fully saturated rings. The molecule has 171 valence electrons. The zero-order valence-electron chi connectivity index (χ0n) is 18.6. The van der Waals surface area contributed by atoms with Crippen molar-refractivity contribution in [3.8, 4) is 11.4 Å². The van der Waals surface area contributed by atoms with Gasteiger partial charge in [-0.15, -0.1) is 0 Å². The topological polar surface area (TPSA) is 142 Å². The Kier molecular flexibility index (Phi) is 4.75. The Morgan fingerprint density at radius 2 is 1.91 bits per heavy atom. The van der Waals surface area contributed by atoms with E-state index in [1.54, 1.807) is 18.7 Å². The minimum Gasteiger partial charge on any atom is -0.368 e. The van der Waals surface area contributed by atoms with Gasteiger partial charge in [-0.3, -0.25) is 0 Å². The van der Waals surface area contributed by atoms with Crippen LogP contribution < -0.4 is 21.3 Å². The van der Waals surface area contributed by atoms with E-state index in [9.17, 15) is 4.79 Å². The van der Waals surface area contributed by atoms with Crippen molar-refractivity contribution in [2.75, 3.05) is 29.0 Å². The Balaban J connectivity index is 1.27. The number of carbonyl (C=O) groups is 1. The van der Waals surface area contributed by atoms with E-state index in [1.807, 2.05) is 16.7 Å². The average molecular weight is 456 g/mol. The first-order valence-electron chi connectivity index (χ1n) is 11.3. The molecule has 1 saturated heterocycles. The highest BCUT2D eigenvalue weighted by atomic mass is 16.2. The molecule has 3 aromatic heterocycles. The first kappa shape index (κ1) is 20.3. The molecule has 11 heteroatoms. The summed E-state index contributed by atoms with van der Waals surface area (Å²) >= 11 is 0. The maximum atomic E-state index is 11.5. The quantitative estimate of drug-likeness (QED) is 0.478. The number of nitrogens with one attached hydrogen (secondary N) is 1. The lowest BCUT2D eigenvalue weighted by molar-refractivity contribution is 0.256. The van der Waals surface area contributed by atoms with Crippen LogP contribution in [-0.4, -0.2) is 48.6 Å². The fourth-order valence-electron chi connectivity index (χ4n) is 4.81. The van der Waals surface area contributed by atoms with Gasteiger partial charge in [-0.25, -0.2) is 29.7 Å². The second-order valence-corrected chi connectivity index (χ2v) is 8.46. The van der Waals surface area contributed by atoms with E-state index in [2.05, 4.69) is 48.5 Å². The normalized spacial score (nSPS) is 15.9. The van der Waals surface area contributed by atoms with Crippen molar-refractivity contribution in [3.63, 3.8) is 0 Å². The van der Waals surface area contributed by atoms with Crippen molar-refractivity contribution >= 4 is 40.3 Å². The molecule has 0 atom stereocenters. The van der Waals surface area contributed by atoms with Gasteiger partial charge in [-0.05, 0) is 43.4 Å². The molecule has 0 aliphatic carbocycles. The summed E-state index contributed by atoms with van der Waals surface area (Å²) in [4.78, 5) is 36.1. The Hall–Kier alpha value is -4.28. The molecule has 1 aromatic carbocycles. The van der Waals surface area contributed by atoms with Gasteiger partial charge in [0.25, 0.3) is 0 Å². The van der Waals surface area contributed by atoms with Crippen LogP contribution in [0, 0.1) is 0 Å². The monoisotopic (exact) mass is 455 g/mol. The number of imidazole rings is 1. The number of amides is 2. The maximum absolute atomic E-state index is 11.5. The summed E-state index contributed by atoms with van der Waals surface area (Å²) in [5, 5.41) is 6.80. The molecule has 34 heavy (non-hydrogen) atoms. The van der Waals surface area contributed by atoms with Crippen LogP contribution in [0.25, 0.3) is 22.6 Å². The van der Waals surface area contributed by atoms with Gasteiger partial charge >= 0.3 is 6.03 Å². The Labute approximate surface area is 195 Å². The first-order valence-corrected chi connectivity index (χ1v) is 11.3. The smallest absolute Gasteiger partial charge is 0.346 e. The van der Waals surface area contributed by atoms with Gasteiger partial charge < -0.3 is 20.5 Å². The number of urea groups is 1. The molecular weight excluding hydrogens is 432 g/mol. The molecule has 6 rings (SSSR count). The van der Waals surface area contributed by atoms with E-state index in [-0.39, 0.29) is 12.0 Å². The SMILES string of the molecule is CCn1c(-c2cnc(N)nc2)nc2c(N3CCC(c4ccc5c(c4)[N]C(=O)N5)CC3)ncnc21. The van der Waals surface area contributed by atoms with Crippen molar-refractivity contribution < 1.29 is 4.79 Å². The van der Waals surface area contributed by atoms with Gasteiger partial charge in [-0.2, -0.15) is 5.32 Å². The van der Waals surface area contributed by atoms with Crippen LogP contribution in [0.4, 0.5) is 27.9 Å². The molecule has 0 bridgehead atoms. The summed E-state index contributed by atoms with van der Waals surface area (Å²) < 4.78 is 2.05. The first-order chi connectivity index (χ1) is 16.6. The standard InChI is InChI=1S/C23H23N10O/c1-2-33-19(15-10-25-22(24)26-11-15)31-18-20(27-12-28-21(18)33)32-7-5-13(6-8-32)14-3-4-16-17(9-14)30-23(34)29-16/h3-4,9-13H,2,5-8H2,1H3,(H,29,34)(H2,24,25,26). The number of hydrogen-bond donors (Lipinski definition) is 2. The summed E-state index contributed by atoms with van der Waals surface area (Å²) in [5.41, 5.74) is 10.7. The van der Waals surface area contributed by atoms with Gasteiger partial charge in [0.05, 0.1) is 16.9 Å². The molecule has 4 aromatic rings. The van der Waals surface area contributed by atoms with Gasteiger partial charge in [0.2, 0.25) is 5.95 Å². The molecule has 2 amide bonds. The zero-order valence-corrected chi connectivity index (χ0v) is 18.6. The molecule has 0 saturated carbocycles. The number of nitrogens with two attached hydrogens (primary N) is 1. The van der Waals surface area contributed by atoms with E-state index in [0.717, 1.165) is 65.7 Å². The lowest BCUT2D eigenvalue weighted by Crippen LogP contribution is -2.33. The van der Waals surface area contributed by atoms with E-state index < -0.39 is 0 Å². The van der Waals surface area contributed by atoms with Crippen LogP contribution in [0.5, 0.6) is 0 Å². The third-order valence-corrected chi connectivity index (χ3v) is 6.51. The van der Waals surface area contributed by atoms with Crippen molar-refractivity contribution in [2.45, 2.75) is 32.2 Å². The summed E-state index contributed by atoms with van der Waals surface area (Å²) in [7, 11) is 0. The van der Waals surface area contributed by atoms with Crippen molar-refractivity contribution in [1.82, 2.24) is 34.8 Å². The number of carbonyl (C=O) groups excluding carboxylic acids is 1. The van der Waals surface area contributed by atoms with Crippen molar-refractivity contribution in [2.24, 2.45) is 0 Å². The fourth-order valence-corrected chi connectivity index (χ4v) is 4.81. The van der Waals surface area contributed by atoms with E-state index >= 15 is 0 Å². The van der Waals surface area contributed by atoms with E-state index in [4.69, 9.17) is 10.7 Å². The molecule has 2 aliphatic rings. The molecule has 5 heterocycles. The fraction of sp³-hybridized carbons (Fsp3) is 0.304. The molecule has 2 aliphatic heterocycles. The van der Waals surface area contributed by atoms with Crippen LogP contribution in [0.3, 0.4) is 0 Å². The number of aryl methyl sites for hydroxylation is 1. The number of nitrogens with zero attached hydrogens (tertiary/aromatic N) is 8. The Morgan fingerprint density at radius 3 is 2.68 bits per heavy atom. The highest BCUT2D eigenvalue weighted by Gasteiger charge is 2.27. The van der Waals surface area contributed by atoms with E-state index in [0.29, 0.717) is 12.5 Å². The van der Waals surface area contributed by atoms with Crippen molar-refractivity contribution in [1.29, 1.82) is 0 Å².